The molecule has 136 valence electrons. The molecule has 0 atom stereocenters. The van der Waals surface area contributed by atoms with Crippen LogP contribution < -0.4 is 5.32 Å². The Morgan fingerprint density at radius 3 is 2.73 bits per heavy atom. The van der Waals surface area contributed by atoms with Crippen LogP contribution in [0.25, 0.3) is 10.9 Å². The fourth-order valence-corrected chi connectivity index (χ4v) is 2.50. The van der Waals surface area contributed by atoms with Gasteiger partial charge >= 0.3 is 6.18 Å². The van der Waals surface area contributed by atoms with Crippen molar-refractivity contribution in [3.63, 3.8) is 0 Å². The highest BCUT2D eigenvalue weighted by Gasteiger charge is 2.33. The Labute approximate surface area is 147 Å². The van der Waals surface area contributed by atoms with Gasteiger partial charge in [-0.3, -0.25) is 9.48 Å². The first-order valence-corrected chi connectivity index (χ1v) is 7.92. The van der Waals surface area contributed by atoms with Gasteiger partial charge in [-0.15, -0.1) is 0 Å². The highest BCUT2D eigenvalue weighted by Crippen LogP contribution is 2.27. The van der Waals surface area contributed by atoms with E-state index in [0.717, 1.165) is 17.0 Å². The fourth-order valence-electron chi connectivity index (χ4n) is 2.50. The predicted octanol–water partition coefficient (Wildman–Crippen LogP) is 2.51. The van der Waals surface area contributed by atoms with Crippen LogP contribution in [-0.4, -0.2) is 32.2 Å². The maximum absolute atomic E-state index is 12.8. The van der Waals surface area contributed by atoms with Crippen molar-refractivity contribution in [2.24, 2.45) is 0 Å². The third kappa shape index (κ3) is 4.35. The molecule has 0 spiro atoms. The maximum atomic E-state index is 12.8. The molecule has 0 saturated heterocycles. The van der Waals surface area contributed by atoms with Crippen molar-refractivity contribution in [3.8, 4) is 0 Å². The van der Waals surface area contributed by atoms with Crippen LogP contribution in [0.4, 0.5) is 13.2 Å². The third-order valence-corrected chi connectivity index (χ3v) is 3.63. The largest absolute Gasteiger partial charge is 0.433 e. The van der Waals surface area contributed by atoms with Gasteiger partial charge in [-0.25, -0.2) is 9.97 Å². The summed E-state index contributed by atoms with van der Waals surface area (Å²) < 4.78 is 39.8. The number of benzene rings is 1. The lowest BCUT2D eigenvalue weighted by molar-refractivity contribution is -0.141. The van der Waals surface area contributed by atoms with E-state index in [2.05, 4.69) is 20.4 Å². The van der Waals surface area contributed by atoms with Gasteiger partial charge in [-0.05, 0) is 19.1 Å². The molecule has 0 saturated carbocycles. The minimum absolute atomic E-state index is 0.0250. The second-order valence-corrected chi connectivity index (χ2v) is 5.79. The zero-order valence-corrected chi connectivity index (χ0v) is 13.9. The number of halogens is 3. The van der Waals surface area contributed by atoms with E-state index in [1.807, 2.05) is 24.3 Å². The molecule has 0 unspecified atom stereocenters. The van der Waals surface area contributed by atoms with Gasteiger partial charge in [0.15, 0.2) is 0 Å². The third-order valence-electron chi connectivity index (χ3n) is 3.63. The molecular formula is C17H16F3N5O. The number of fused-ring (bicyclic) bond motifs is 1. The lowest BCUT2D eigenvalue weighted by atomic mass is 10.3. The normalized spacial score (nSPS) is 11.7. The number of alkyl halides is 3. The quantitative estimate of drug-likeness (QED) is 0.756. The van der Waals surface area contributed by atoms with Crippen LogP contribution >= 0.6 is 0 Å². The molecule has 0 radical (unpaired) electrons. The summed E-state index contributed by atoms with van der Waals surface area (Å²) in [6.07, 6.45) is -2.65. The number of aryl methyl sites for hydroxylation is 1. The highest BCUT2D eigenvalue weighted by molar-refractivity contribution is 5.79. The van der Waals surface area contributed by atoms with E-state index in [4.69, 9.17) is 0 Å². The molecule has 6 nitrogen and oxygen atoms in total. The van der Waals surface area contributed by atoms with Crippen LogP contribution in [0.3, 0.4) is 0 Å². The first-order valence-electron chi connectivity index (χ1n) is 7.92. The van der Waals surface area contributed by atoms with E-state index in [-0.39, 0.29) is 36.9 Å². The van der Waals surface area contributed by atoms with Gasteiger partial charge < -0.3 is 5.32 Å². The van der Waals surface area contributed by atoms with Crippen molar-refractivity contribution >= 4 is 16.8 Å². The predicted molar refractivity (Wildman–Crippen MR) is 88.2 cm³/mol. The molecule has 1 aromatic carbocycles. The number of carbonyl (C=O) groups is 1. The number of rotatable bonds is 5. The molecule has 2 heterocycles. The molecule has 3 rings (SSSR count). The van der Waals surface area contributed by atoms with Gasteiger partial charge in [0.25, 0.3) is 0 Å². The van der Waals surface area contributed by atoms with Gasteiger partial charge in [0.05, 0.1) is 5.52 Å². The van der Waals surface area contributed by atoms with E-state index in [1.54, 1.807) is 6.20 Å². The standard InChI is InChI=1S/C17H16F3N5O/c1-11-8-14(17(18,19)20)23-15(22-11)6-7-21-16(26)10-25-9-12-4-2-3-5-13(12)24-25/h2-5,8-9H,6-7,10H2,1H3,(H,21,26). The minimum Gasteiger partial charge on any atom is -0.354 e. The molecule has 2 aromatic heterocycles. The number of nitrogens with one attached hydrogen (secondary N) is 1. The van der Waals surface area contributed by atoms with Crippen LogP contribution in [0.2, 0.25) is 0 Å². The second-order valence-electron chi connectivity index (χ2n) is 5.79. The van der Waals surface area contributed by atoms with Crippen molar-refractivity contribution in [1.82, 2.24) is 25.1 Å². The first-order chi connectivity index (χ1) is 12.3. The Hall–Kier alpha value is -2.97. The van der Waals surface area contributed by atoms with Crippen LogP contribution in [-0.2, 0) is 23.9 Å². The Morgan fingerprint density at radius 1 is 1.23 bits per heavy atom. The SMILES string of the molecule is Cc1cc(C(F)(F)F)nc(CCNC(=O)Cn2cc3ccccc3n2)n1. The Morgan fingerprint density at radius 2 is 2.00 bits per heavy atom. The Balaban J connectivity index is 1.56. The zero-order valence-electron chi connectivity index (χ0n) is 13.9. The van der Waals surface area contributed by atoms with E-state index in [0.29, 0.717) is 0 Å². The fraction of sp³-hybridized carbons (Fsp3) is 0.294. The topological polar surface area (TPSA) is 72.7 Å². The van der Waals surface area contributed by atoms with Crippen molar-refractivity contribution in [2.45, 2.75) is 26.1 Å². The van der Waals surface area contributed by atoms with Gasteiger partial charge in [0, 0.05) is 30.2 Å². The smallest absolute Gasteiger partial charge is 0.354 e. The Bertz CT molecular complexity index is 903. The average molecular weight is 363 g/mol. The molecule has 3 aromatic rings. The summed E-state index contributed by atoms with van der Waals surface area (Å²) in [5.74, 6) is -0.246. The van der Waals surface area contributed by atoms with Crippen molar-refractivity contribution in [1.29, 1.82) is 0 Å². The first kappa shape index (κ1) is 17.8. The summed E-state index contributed by atoms with van der Waals surface area (Å²) in [5.41, 5.74) is 0.0413. The van der Waals surface area contributed by atoms with Crippen LogP contribution in [0.15, 0.2) is 36.5 Å². The molecular weight excluding hydrogens is 347 g/mol. The number of nitrogens with zero attached hydrogens (tertiary/aromatic N) is 4. The molecule has 0 bridgehead atoms. The lowest BCUT2D eigenvalue weighted by Gasteiger charge is -2.09. The van der Waals surface area contributed by atoms with Crippen LogP contribution in [0.1, 0.15) is 17.2 Å². The highest BCUT2D eigenvalue weighted by atomic mass is 19.4. The summed E-state index contributed by atoms with van der Waals surface area (Å²) in [5, 5.41) is 7.84. The molecule has 1 amide bonds. The van der Waals surface area contributed by atoms with Gasteiger partial charge in [0.2, 0.25) is 5.91 Å². The van der Waals surface area contributed by atoms with Crippen LogP contribution in [0.5, 0.6) is 0 Å². The number of hydrogen-bond acceptors (Lipinski definition) is 4. The van der Waals surface area contributed by atoms with E-state index in [9.17, 15) is 18.0 Å². The van der Waals surface area contributed by atoms with Crippen molar-refractivity contribution in [2.75, 3.05) is 6.54 Å². The van der Waals surface area contributed by atoms with Gasteiger partial charge in [-0.2, -0.15) is 18.3 Å². The number of carbonyl (C=O) groups excluding carboxylic acids is 1. The molecule has 0 aliphatic carbocycles. The van der Waals surface area contributed by atoms with E-state index >= 15 is 0 Å². The van der Waals surface area contributed by atoms with E-state index < -0.39 is 11.9 Å². The van der Waals surface area contributed by atoms with Gasteiger partial charge in [0.1, 0.15) is 18.1 Å². The zero-order chi connectivity index (χ0) is 18.7. The molecule has 0 aliphatic heterocycles. The summed E-state index contributed by atoms with van der Waals surface area (Å²) in [7, 11) is 0. The molecule has 0 aliphatic rings. The molecule has 1 N–H and O–H groups in total. The van der Waals surface area contributed by atoms with E-state index in [1.165, 1.54) is 11.6 Å². The summed E-state index contributed by atoms with van der Waals surface area (Å²) in [6.45, 7) is 1.64. The summed E-state index contributed by atoms with van der Waals surface area (Å²) in [4.78, 5) is 19.5. The maximum Gasteiger partial charge on any atom is 0.433 e. The van der Waals surface area contributed by atoms with Crippen LogP contribution in [0, 0.1) is 6.92 Å². The molecule has 26 heavy (non-hydrogen) atoms. The lowest BCUT2D eigenvalue weighted by Crippen LogP contribution is -2.30. The number of amides is 1. The Kier molecular flexibility index (Phi) is 4.88. The summed E-state index contributed by atoms with van der Waals surface area (Å²) >= 11 is 0. The van der Waals surface area contributed by atoms with Crippen molar-refractivity contribution in [3.05, 3.63) is 53.7 Å². The number of hydrogen-bond donors (Lipinski definition) is 1. The van der Waals surface area contributed by atoms with Gasteiger partial charge in [-0.1, -0.05) is 18.2 Å². The molecule has 9 heteroatoms. The monoisotopic (exact) mass is 363 g/mol. The number of aromatic nitrogens is 4. The minimum atomic E-state index is -4.52. The van der Waals surface area contributed by atoms with Crippen molar-refractivity contribution < 1.29 is 18.0 Å². The summed E-state index contributed by atoms with van der Waals surface area (Å²) in [6, 6.07) is 8.37. The second kappa shape index (κ2) is 7.11. The molecule has 0 fully saturated rings. The average Bonchev–Trinajstić information content (AvgIpc) is 2.95.